The SMILES string of the molecule is COC(=O)c1ccc(OC(Cc2ccccc2)c2ccc(Oc3ccccc3)cc2)cc1C(=O)OC. The van der Waals surface area contributed by atoms with E-state index in [2.05, 4.69) is 0 Å². The molecule has 4 aromatic carbocycles. The second-order valence-corrected chi connectivity index (χ2v) is 7.97. The average Bonchev–Trinajstić information content (AvgIpc) is 2.93. The van der Waals surface area contributed by atoms with Gasteiger partial charge < -0.3 is 18.9 Å². The maximum absolute atomic E-state index is 12.3. The number of benzene rings is 4. The van der Waals surface area contributed by atoms with E-state index in [-0.39, 0.29) is 17.2 Å². The fraction of sp³-hybridized carbons (Fsp3) is 0.133. The molecule has 0 bridgehead atoms. The number of methoxy groups -OCH3 is 2. The average molecular weight is 483 g/mol. The fourth-order valence-corrected chi connectivity index (χ4v) is 3.76. The summed E-state index contributed by atoms with van der Waals surface area (Å²) in [6.07, 6.45) is 0.221. The zero-order valence-electron chi connectivity index (χ0n) is 20.0. The Morgan fingerprint density at radius 2 is 1.19 bits per heavy atom. The number of hydrogen-bond donors (Lipinski definition) is 0. The minimum atomic E-state index is -0.650. The summed E-state index contributed by atoms with van der Waals surface area (Å²) < 4.78 is 21.9. The maximum atomic E-state index is 12.3. The van der Waals surface area contributed by atoms with E-state index in [0.717, 1.165) is 16.9 Å². The smallest absolute Gasteiger partial charge is 0.338 e. The monoisotopic (exact) mass is 482 g/mol. The quantitative estimate of drug-likeness (QED) is 0.257. The molecule has 0 aromatic heterocycles. The molecule has 0 N–H and O–H groups in total. The van der Waals surface area contributed by atoms with Crippen molar-refractivity contribution in [2.24, 2.45) is 0 Å². The van der Waals surface area contributed by atoms with Gasteiger partial charge in [-0.2, -0.15) is 0 Å². The largest absolute Gasteiger partial charge is 0.485 e. The van der Waals surface area contributed by atoms with Crippen LogP contribution in [0, 0.1) is 0 Å². The van der Waals surface area contributed by atoms with Gasteiger partial charge in [-0.3, -0.25) is 0 Å². The lowest BCUT2D eigenvalue weighted by Gasteiger charge is -2.21. The normalized spacial score (nSPS) is 11.3. The molecule has 4 aromatic rings. The van der Waals surface area contributed by atoms with Crippen LogP contribution in [0.15, 0.2) is 103 Å². The summed E-state index contributed by atoms with van der Waals surface area (Å²) in [4.78, 5) is 24.5. The molecule has 0 saturated carbocycles. The van der Waals surface area contributed by atoms with E-state index in [0.29, 0.717) is 17.9 Å². The molecular formula is C30H26O6. The van der Waals surface area contributed by atoms with E-state index in [1.165, 1.54) is 26.4 Å². The minimum Gasteiger partial charge on any atom is -0.485 e. The Bertz CT molecular complexity index is 1300. The Morgan fingerprint density at radius 1 is 0.639 bits per heavy atom. The molecule has 0 aliphatic carbocycles. The topological polar surface area (TPSA) is 71.1 Å². The molecule has 1 unspecified atom stereocenters. The first kappa shape index (κ1) is 24.5. The molecule has 0 heterocycles. The lowest BCUT2D eigenvalue weighted by Crippen LogP contribution is -2.14. The van der Waals surface area contributed by atoms with Crippen LogP contribution in [-0.4, -0.2) is 26.2 Å². The second kappa shape index (κ2) is 11.7. The van der Waals surface area contributed by atoms with E-state index in [9.17, 15) is 9.59 Å². The highest BCUT2D eigenvalue weighted by molar-refractivity contribution is 6.03. The molecule has 1 atom stereocenters. The molecule has 0 radical (unpaired) electrons. The molecule has 0 amide bonds. The summed E-state index contributed by atoms with van der Waals surface area (Å²) in [5, 5.41) is 0. The number of esters is 2. The Hall–Kier alpha value is -4.58. The van der Waals surface area contributed by atoms with Crippen LogP contribution in [0.1, 0.15) is 37.9 Å². The lowest BCUT2D eigenvalue weighted by atomic mass is 10.0. The number of carbonyl (C=O) groups excluding carboxylic acids is 2. The van der Waals surface area contributed by atoms with Gasteiger partial charge >= 0.3 is 11.9 Å². The van der Waals surface area contributed by atoms with Gasteiger partial charge in [-0.05, 0) is 53.6 Å². The van der Waals surface area contributed by atoms with Gasteiger partial charge in [-0.1, -0.05) is 60.7 Å². The summed E-state index contributed by atoms with van der Waals surface area (Å²) >= 11 is 0. The van der Waals surface area contributed by atoms with Gasteiger partial charge in [0.2, 0.25) is 0 Å². The van der Waals surface area contributed by atoms with Gasteiger partial charge in [-0.15, -0.1) is 0 Å². The van der Waals surface area contributed by atoms with Crippen LogP contribution in [0.2, 0.25) is 0 Å². The first-order valence-corrected chi connectivity index (χ1v) is 11.4. The van der Waals surface area contributed by atoms with E-state index < -0.39 is 11.9 Å². The second-order valence-electron chi connectivity index (χ2n) is 7.97. The van der Waals surface area contributed by atoms with Gasteiger partial charge in [0.1, 0.15) is 23.4 Å². The van der Waals surface area contributed by atoms with Gasteiger partial charge in [0.05, 0.1) is 25.3 Å². The predicted molar refractivity (Wildman–Crippen MR) is 136 cm³/mol. The van der Waals surface area contributed by atoms with Crippen molar-refractivity contribution in [2.45, 2.75) is 12.5 Å². The minimum absolute atomic E-state index is 0.0759. The number of para-hydroxylation sites is 1. The van der Waals surface area contributed by atoms with E-state index in [1.54, 1.807) is 6.07 Å². The van der Waals surface area contributed by atoms with Crippen molar-refractivity contribution >= 4 is 11.9 Å². The standard InChI is InChI=1S/C30H26O6/c1-33-29(31)26-18-17-25(20-27(26)30(32)34-2)36-28(19-21-9-5-3-6-10-21)22-13-15-24(16-14-22)35-23-11-7-4-8-12-23/h3-18,20,28H,19H2,1-2H3. The van der Waals surface area contributed by atoms with Crippen molar-refractivity contribution < 1.29 is 28.5 Å². The highest BCUT2D eigenvalue weighted by Crippen LogP contribution is 2.30. The first-order chi connectivity index (χ1) is 17.6. The summed E-state index contributed by atoms with van der Waals surface area (Å²) in [7, 11) is 2.52. The molecule has 4 rings (SSSR count). The summed E-state index contributed by atoms with van der Waals surface area (Å²) in [5.41, 5.74) is 2.20. The number of hydrogen-bond acceptors (Lipinski definition) is 6. The van der Waals surface area contributed by atoms with Crippen LogP contribution >= 0.6 is 0 Å². The molecule has 182 valence electrons. The van der Waals surface area contributed by atoms with Crippen molar-refractivity contribution in [1.29, 1.82) is 0 Å². The first-order valence-electron chi connectivity index (χ1n) is 11.4. The van der Waals surface area contributed by atoms with Crippen molar-refractivity contribution in [3.05, 3.63) is 125 Å². The number of rotatable bonds is 9. The van der Waals surface area contributed by atoms with Crippen LogP contribution in [0.4, 0.5) is 0 Å². The fourth-order valence-electron chi connectivity index (χ4n) is 3.76. The van der Waals surface area contributed by atoms with Crippen molar-refractivity contribution in [3.63, 3.8) is 0 Å². The zero-order chi connectivity index (χ0) is 25.3. The Kier molecular flexibility index (Phi) is 7.98. The molecule has 0 aliphatic heterocycles. The highest BCUT2D eigenvalue weighted by atomic mass is 16.5. The molecule has 0 fully saturated rings. The van der Waals surface area contributed by atoms with Gasteiger partial charge in [-0.25, -0.2) is 9.59 Å². The van der Waals surface area contributed by atoms with Crippen LogP contribution in [0.5, 0.6) is 17.2 Å². The summed E-state index contributed by atoms with van der Waals surface area (Å²) in [6.45, 7) is 0. The Morgan fingerprint density at radius 3 is 1.83 bits per heavy atom. The number of carbonyl (C=O) groups is 2. The molecule has 36 heavy (non-hydrogen) atoms. The third kappa shape index (κ3) is 6.10. The molecule has 0 aliphatic rings. The van der Waals surface area contributed by atoms with Gasteiger partial charge in [0.15, 0.2) is 0 Å². The molecule has 0 saturated heterocycles. The lowest BCUT2D eigenvalue weighted by molar-refractivity contribution is 0.0554. The summed E-state index contributed by atoms with van der Waals surface area (Å²) in [5.74, 6) is 0.607. The van der Waals surface area contributed by atoms with Crippen LogP contribution < -0.4 is 9.47 Å². The van der Waals surface area contributed by atoms with Crippen LogP contribution in [-0.2, 0) is 15.9 Å². The summed E-state index contributed by atoms with van der Waals surface area (Å²) in [6, 6.07) is 31.9. The molecule has 0 spiro atoms. The van der Waals surface area contributed by atoms with Gasteiger partial charge in [0.25, 0.3) is 0 Å². The third-order valence-corrected chi connectivity index (χ3v) is 5.57. The Labute approximate surface area is 210 Å². The third-order valence-electron chi connectivity index (χ3n) is 5.57. The van der Waals surface area contributed by atoms with Gasteiger partial charge in [0, 0.05) is 6.42 Å². The maximum Gasteiger partial charge on any atom is 0.338 e. The highest BCUT2D eigenvalue weighted by Gasteiger charge is 2.21. The predicted octanol–water partition coefficient (Wildman–Crippen LogP) is 6.41. The van der Waals surface area contributed by atoms with Crippen LogP contribution in [0.25, 0.3) is 0 Å². The zero-order valence-corrected chi connectivity index (χ0v) is 20.0. The molecule has 6 nitrogen and oxygen atoms in total. The van der Waals surface area contributed by atoms with E-state index in [4.69, 9.17) is 18.9 Å². The van der Waals surface area contributed by atoms with Crippen molar-refractivity contribution in [3.8, 4) is 17.2 Å². The molecular weight excluding hydrogens is 456 g/mol. The van der Waals surface area contributed by atoms with Crippen LogP contribution in [0.3, 0.4) is 0 Å². The van der Waals surface area contributed by atoms with Crippen molar-refractivity contribution in [2.75, 3.05) is 14.2 Å². The van der Waals surface area contributed by atoms with E-state index in [1.807, 2.05) is 84.9 Å². The Balaban J connectivity index is 1.63. The molecule has 6 heteroatoms. The van der Waals surface area contributed by atoms with E-state index >= 15 is 0 Å². The number of ether oxygens (including phenoxy) is 4. The van der Waals surface area contributed by atoms with Crippen molar-refractivity contribution in [1.82, 2.24) is 0 Å².